The average molecular weight is 311 g/mol. The smallest absolute Gasteiger partial charge is 0.410 e. The van der Waals surface area contributed by atoms with Gasteiger partial charge >= 0.3 is 6.09 Å². The van der Waals surface area contributed by atoms with Crippen LogP contribution in [0.25, 0.3) is 0 Å². The zero-order valence-electron chi connectivity index (χ0n) is 14.7. The highest BCUT2D eigenvalue weighted by Crippen LogP contribution is 2.24. The summed E-state index contributed by atoms with van der Waals surface area (Å²) < 4.78 is 5.54. The fourth-order valence-electron chi connectivity index (χ4n) is 3.44. The van der Waals surface area contributed by atoms with E-state index in [0.717, 1.165) is 38.9 Å². The minimum Gasteiger partial charge on any atom is -0.444 e. The van der Waals surface area contributed by atoms with E-state index in [4.69, 9.17) is 4.74 Å². The summed E-state index contributed by atoms with van der Waals surface area (Å²) in [6, 6.07) is 0.702. The maximum Gasteiger partial charge on any atom is 0.410 e. The van der Waals surface area contributed by atoms with E-state index in [1.807, 2.05) is 25.7 Å². The molecule has 128 valence electrons. The van der Waals surface area contributed by atoms with E-state index < -0.39 is 5.60 Å². The first kappa shape index (κ1) is 17.5. The third-order valence-corrected chi connectivity index (χ3v) is 4.39. The van der Waals surface area contributed by atoms with Crippen LogP contribution in [0.3, 0.4) is 0 Å². The molecule has 5 heteroatoms. The number of hydrogen-bond acceptors (Lipinski definition) is 4. The lowest BCUT2D eigenvalue weighted by Gasteiger charge is -2.33. The summed E-state index contributed by atoms with van der Waals surface area (Å²) in [6.07, 6.45) is 6.93. The second-order valence-electron chi connectivity index (χ2n) is 7.78. The van der Waals surface area contributed by atoms with E-state index in [0.29, 0.717) is 12.1 Å². The van der Waals surface area contributed by atoms with Crippen molar-refractivity contribution in [3.05, 3.63) is 0 Å². The molecule has 2 aliphatic rings. The zero-order valence-corrected chi connectivity index (χ0v) is 14.7. The van der Waals surface area contributed by atoms with Gasteiger partial charge in [0.25, 0.3) is 0 Å². The number of nitrogens with one attached hydrogen (secondary N) is 1. The lowest BCUT2D eigenvalue weighted by atomic mass is 10.1. The lowest BCUT2D eigenvalue weighted by molar-refractivity contribution is 0.0203. The summed E-state index contributed by atoms with van der Waals surface area (Å²) in [7, 11) is 0. The first-order valence-corrected chi connectivity index (χ1v) is 8.86. The molecule has 0 saturated carbocycles. The van der Waals surface area contributed by atoms with Crippen molar-refractivity contribution in [2.75, 3.05) is 19.6 Å². The number of likely N-dealkylation sites (tertiary alicyclic amines) is 1. The van der Waals surface area contributed by atoms with Gasteiger partial charge in [-0.25, -0.2) is 9.80 Å². The van der Waals surface area contributed by atoms with Gasteiger partial charge in [0.1, 0.15) is 5.60 Å². The highest BCUT2D eigenvalue weighted by Gasteiger charge is 2.33. The van der Waals surface area contributed by atoms with Crippen LogP contribution < -0.4 is 5.43 Å². The number of carbonyl (C=O) groups is 1. The Bertz CT molecular complexity index is 361. The number of rotatable bonds is 4. The van der Waals surface area contributed by atoms with Gasteiger partial charge in [0, 0.05) is 31.7 Å². The fourth-order valence-corrected chi connectivity index (χ4v) is 3.44. The molecule has 0 bridgehead atoms. The molecular weight excluding hydrogens is 278 g/mol. The monoisotopic (exact) mass is 311 g/mol. The van der Waals surface area contributed by atoms with Crippen LogP contribution in [0.4, 0.5) is 4.79 Å². The molecule has 2 rings (SSSR count). The van der Waals surface area contributed by atoms with E-state index in [-0.39, 0.29) is 6.09 Å². The van der Waals surface area contributed by atoms with E-state index in [1.54, 1.807) is 0 Å². The Hall–Kier alpha value is -0.810. The Balaban J connectivity index is 1.81. The van der Waals surface area contributed by atoms with Crippen LogP contribution in [-0.4, -0.2) is 53.3 Å². The summed E-state index contributed by atoms with van der Waals surface area (Å²) in [5.41, 5.74) is 3.19. The molecule has 1 amide bonds. The van der Waals surface area contributed by atoms with Crippen molar-refractivity contribution < 1.29 is 9.53 Å². The van der Waals surface area contributed by atoms with Gasteiger partial charge in [-0.15, -0.1) is 0 Å². The minimum atomic E-state index is -0.415. The quantitative estimate of drug-likeness (QED) is 0.866. The Morgan fingerprint density at radius 2 is 1.86 bits per heavy atom. The van der Waals surface area contributed by atoms with Gasteiger partial charge in [-0.2, -0.15) is 0 Å². The van der Waals surface area contributed by atoms with Gasteiger partial charge in [-0.1, -0.05) is 6.42 Å². The number of hydrogen-bond donors (Lipinski definition) is 1. The summed E-state index contributed by atoms with van der Waals surface area (Å²) in [5, 5.41) is 2.35. The second-order valence-corrected chi connectivity index (χ2v) is 7.78. The van der Waals surface area contributed by atoms with Crippen LogP contribution in [0, 0.1) is 0 Å². The van der Waals surface area contributed by atoms with Gasteiger partial charge in [0.05, 0.1) is 0 Å². The normalized spacial score (nSPS) is 25.3. The Morgan fingerprint density at radius 1 is 1.18 bits per heavy atom. The summed E-state index contributed by atoms with van der Waals surface area (Å²) >= 11 is 0. The molecule has 2 aliphatic heterocycles. The van der Waals surface area contributed by atoms with Gasteiger partial charge < -0.3 is 9.64 Å². The average Bonchev–Trinajstić information content (AvgIpc) is 2.86. The molecule has 2 atom stereocenters. The largest absolute Gasteiger partial charge is 0.444 e. The molecule has 2 heterocycles. The number of hydrazine groups is 1. The van der Waals surface area contributed by atoms with Crippen LogP contribution in [0.15, 0.2) is 0 Å². The van der Waals surface area contributed by atoms with Gasteiger partial charge in [-0.05, 0) is 59.8 Å². The van der Waals surface area contributed by atoms with Crippen molar-refractivity contribution in [1.29, 1.82) is 0 Å². The number of ether oxygens (including phenoxy) is 1. The van der Waals surface area contributed by atoms with Crippen LogP contribution in [0.2, 0.25) is 0 Å². The van der Waals surface area contributed by atoms with Gasteiger partial charge in [-0.3, -0.25) is 5.43 Å². The van der Waals surface area contributed by atoms with Crippen LogP contribution in [0.5, 0.6) is 0 Å². The maximum absolute atomic E-state index is 12.3. The van der Waals surface area contributed by atoms with Gasteiger partial charge in [0.15, 0.2) is 0 Å². The predicted molar refractivity (Wildman–Crippen MR) is 88.6 cm³/mol. The third-order valence-electron chi connectivity index (χ3n) is 4.39. The molecule has 5 nitrogen and oxygen atoms in total. The van der Waals surface area contributed by atoms with Crippen LogP contribution in [-0.2, 0) is 4.74 Å². The first-order valence-electron chi connectivity index (χ1n) is 8.86. The van der Waals surface area contributed by atoms with Crippen molar-refractivity contribution in [2.24, 2.45) is 0 Å². The number of piperidine rings is 1. The molecule has 0 radical (unpaired) electrons. The summed E-state index contributed by atoms with van der Waals surface area (Å²) in [6.45, 7) is 11.1. The molecular formula is C17H33N3O2. The van der Waals surface area contributed by atoms with Crippen molar-refractivity contribution in [2.45, 2.75) is 83.9 Å². The molecule has 2 fully saturated rings. The Kier molecular flexibility index (Phi) is 6.09. The zero-order chi connectivity index (χ0) is 16.2. The molecule has 22 heavy (non-hydrogen) atoms. The number of amides is 1. The van der Waals surface area contributed by atoms with Crippen molar-refractivity contribution in [3.63, 3.8) is 0 Å². The van der Waals surface area contributed by atoms with Crippen molar-refractivity contribution >= 4 is 6.09 Å². The van der Waals surface area contributed by atoms with Crippen LogP contribution in [0.1, 0.15) is 66.2 Å². The highest BCUT2D eigenvalue weighted by atomic mass is 16.6. The predicted octanol–water partition coefficient (Wildman–Crippen LogP) is 3.16. The highest BCUT2D eigenvalue weighted by molar-refractivity contribution is 5.68. The topological polar surface area (TPSA) is 44.8 Å². The SMILES string of the molecule is CC(CC1CCCN1C(=O)OC(C)(C)C)NN1CCCCC1. The third kappa shape index (κ3) is 5.43. The van der Waals surface area contributed by atoms with Crippen LogP contribution >= 0.6 is 0 Å². The lowest BCUT2D eigenvalue weighted by Crippen LogP contribution is -2.49. The van der Waals surface area contributed by atoms with E-state index in [2.05, 4.69) is 17.4 Å². The van der Waals surface area contributed by atoms with Crippen molar-refractivity contribution in [3.8, 4) is 0 Å². The molecule has 0 aromatic rings. The van der Waals surface area contributed by atoms with E-state index in [1.165, 1.54) is 19.3 Å². The fraction of sp³-hybridized carbons (Fsp3) is 0.941. The first-order chi connectivity index (χ1) is 10.3. The molecule has 0 spiro atoms. The Morgan fingerprint density at radius 3 is 2.50 bits per heavy atom. The molecule has 1 N–H and O–H groups in total. The maximum atomic E-state index is 12.3. The summed E-state index contributed by atoms with van der Waals surface area (Å²) in [5.74, 6) is 0. The van der Waals surface area contributed by atoms with E-state index >= 15 is 0 Å². The molecule has 2 saturated heterocycles. The van der Waals surface area contributed by atoms with Crippen molar-refractivity contribution in [1.82, 2.24) is 15.3 Å². The number of nitrogens with zero attached hydrogens (tertiary/aromatic N) is 2. The molecule has 0 aromatic heterocycles. The van der Waals surface area contributed by atoms with Gasteiger partial charge in [0.2, 0.25) is 0 Å². The number of carbonyl (C=O) groups excluding carboxylic acids is 1. The summed E-state index contributed by atoms with van der Waals surface area (Å²) in [4.78, 5) is 14.2. The molecule has 0 aromatic carbocycles. The standard InChI is InChI=1S/C17H33N3O2/c1-14(18-19-10-6-5-7-11-19)13-15-9-8-12-20(15)16(21)22-17(2,3)4/h14-15,18H,5-13H2,1-4H3. The second kappa shape index (κ2) is 7.64. The van der Waals surface area contributed by atoms with E-state index in [9.17, 15) is 4.79 Å². The minimum absolute atomic E-state index is 0.153. The molecule has 0 aliphatic carbocycles. The molecule has 2 unspecified atom stereocenters. The Labute approximate surface area is 135 Å².